The highest BCUT2D eigenvalue weighted by atomic mass is 16.2. The number of guanidine groups is 1. The second kappa shape index (κ2) is 9.36. The van der Waals surface area contributed by atoms with Crippen molar-refractivity contribution in [3.8, 4) is 0 Å². The summed E-state index contributed by atoms with van der Waals surface area (Å²) in [6, 6.07) is -1.27. The third-order valence-corrected chi connectivity index (χ3v) is 4.70. The zero-order valence-corrected chi connectivity index (χ0v) is 14.4. The lowest BCUT2D eigenvalue weighted by molar-refractivity contribution is -0.140. The fourth-order valence-corrected chi connectivity index (χ4v) is 3.40. The molecule has 9 heteroatoms. The summed E-state index contributed by atoms with van der Waals surface area (Å²) in [6.45, 7) is 1.89. The van der Waals surface area contributed by atoms with E-state index in [9.17, 15) is 14.4 Å². The fraction of sp³-hybridized carbons (Fsp3) is 0.750. The smallest absolute Gasteiger partial charge is 0.243 e. The Kier molecular flexibility index (Phi) is 7.17. The van der Waals surface area contributed by atoms with Gasteiger partial charge in [0.1, 0.15) is 12.3 Å². The Balaban J connectivity index is 1.83. The van der Waals surface area contributed by atoms with E-state index in [0.717, 1.165) is 25.8 Å². The van der Waals surface area contributed by atoms with Crippen molar-refractivity contribution in [2.45, 2.75) is 56.7 Å². The van der Waals surface area contributed by atoms with Crippen LogP contribution < -0.4 is 21.7 Å². The van der Waals surface area contributed by atoms with E-state index in [1.54, 1.807) is 4.90 Å². The van der Waals surface area contributed by atoms with E-state index in [-0.39, 0.29) is 23.8 Å². The topological polar surface area (TPSA) is 140 Å². The van der Waals surface area contributed by atoms with E-state index < -0.39 is 12.1 Å². The van der Waals surface area contributed by atoms with Crippen molar-refractivity contribution in [1.82, 2.24) is 20.9 Å². The van der Waals surface area contributed by atoms with Gasteiger partial charge in [-0.2, -0.15) is 0 Å². The second-order valence-corrected chi connectivity index (χ2v) is 6.57. The normalized spacial score (nSPS) is 23.9. The molecule has 0 aromatic carbocycles. The van der Waals surface area contributed by atoms with Crippen LogP contribution in [0.5, 0.6) is 0 Å². The van der Waals surface area contributed by atoms with Crippen LogP contribution in [-0.2, 0) is 14.4 Å². The molecular formula is C16H28N6O3. The summed E-state index contributed by atoms with van der Waals surface area (Å²) >= 11 is 0. The molecule has 2 fully saturated rings. The predicted molar refractivity (Wildman–Crippen MR) is 92.9 cm³/mol. The predicted octanol–water partition coefficient (Wildman–Crippen LogP) is -1.32. The lowest BCUT2D eigenvalue weighted by Crippen LogP contribution is -2.52. The molecule has 3 atom stereocenters. The molecule has 0 unspecified atom stereocenters. The lowest BCUT2D eigenvalue weighted by Gasteiger charge is -2.27. The van der Waals surface area contributed by atoms with Crippen LogP contribution in [0.25, 0.3) is 0 Å². The van der Waals surface area contributed by atoms with Crippen molar-refractivity contribution in [1.29, 1.82) is 5.41 Å². The molecule has 140 valence electrons. The van der Waals surface area contributed by atoms with Gasteiger partial charge in [-0.15, -0.1) is 0 Å². The van der Waals surface area contributed by atoms with Gasteiger partial charge in [-0.25, -0.2) is 0 Å². The van der Waals surface area contributed by atoms with Crippen LogP contribution in [0, 0.1) is 5.41 Å². The van der Waals surface area contributed by atoms with Crippen LogP contribution >= 0.6 is 0 Å². The van der Waals surface area contributed by atoms with Crippen LogP contribution in [0.4, 0.5) is 0 Å². The molecular weight excluding hydrogens is 324 g/mol. The van der Waals surface area contributed by atoms with Crippen LogP contribution in [0.15, 0.2) is 0 Å². The van der Waals surface area contributed by atoms with Crippen LogP contribution in [0.3, 0.4) is 0 Å². The maximum Gasteiger partial charge on any atom is 0.243 e. The summed E-state index contributed by atoms with van der Waals surface area (Å²) in [4.78, 5) is 38.0. The minimum absolute atomic E-state index is 0.0107. The minimum atomic E-state index is -0.594. The Bertz CT molecular complexity index is 506. The molecule has 9 nitrogen and oxygen atoms in total. The summed E-state index contributed by atoms with van der Waals surface area (Å²) in [7, 11) is 0. The van der Waals surface area contributed by atoms with E-state index in [1.165, 1.54) is 0 Å². The molecule has 25 heavy (non-hydrogen) atoms. The van der Waals surface area contributed by atoms with Gasteiger partial charge in [0.15, 0.2) is 5.96 Å². The third-order valence-electron chi connectivity index (χ3n) is 4.70. The minimum Gasteiger partial charge on any atom is -0.370 e. The number of nitrogens with zero attached hydrogens (tertiary/aromatic N) is 1. The van der Waals surface area contributed by atoms with Gasteiger partial charge >= 0.3 is 0 Å². The molecule has 0 spiro atoms. The summed E-state index contributed by atoms with van der Waals surface area (Å²) in [5, 5.41) is 15.6. The highest BCUT2D eigenvalue weighted by Gasteiger charge is 2.38. The molecule has 2 heterocycles. The number of nitrogens with two attached hydrogens (primary N) is 1. The average Bonchev–Trinajstić information content (AvgIpc) is 3.28. The van der Waals surface area contributed by atoms with Gasteiger partial charge in [0.05, 0.1) is 12.1 Å². The number of carbonyl (C=O) groups excluding carboxylic acids is 3. The van der Waals surface area contributed by atoms with Gasteiger partial charge in [0.25, 0.3) is 0 Å². The Hall–Kier alpha value is -2.16. The van der Waals surface area contributed by atoms with E-state index in [2.05, 4.69) is 16.0 Å². The van der Waals surface area contributed by atoms with E-state index in [1.807, 2.05) is 0 Å². The zero-order valence-electron chi connectivity index (χ0n) is 14.4. The first-order valence-corrected chi connectivity index (χ1v) is 8.90. The largest absolute Gasteiger partial charge is 0.370 e. The Labute approximate surface area is 147 Å². The zero-order chi connectivity index (χ0) is 18.2. The number of hydrogen-bond acceptors (Lipinski definition) is 5. The maximum absolute atomic E-state index is 12.6. The monoisotopic (exact) mass is 352 g/mol. The molecule has 2 aliphatic heterocycles. The van der Waals surface area contributed by atoms with Crippen molar-refractivity contribution >= 4 is 24.1 Å². The van der Waals surface area contributed by atoms with E-state index >= 15 is 0 Å². The number of amides is 2. The molecule has 2 aliphatic rings. The molecule has 6 N–H and O–H groups in total. The Morgan fingerprint density at radius 1 is 1.36 bits per heavy atom. The summed E-state index contributed by atoms with van der Waals surface area (Å²) in [6.07, 6.45) is 4.98. The summed E-state index contributed by atoms with van der Waals surface area (Å²) in [5.74, 6) is -0.392. The number of carbonyl (C=O) groups is 3. The molecule has 0 bridgehead atoms. The van der Waals surface area contributed by atoms with Crippen molar-refractivity contribution in [3.05, 3.63) is 0 Å². The van der Waals surface area contributed by atoms with Crippen molar-refractivity contribution in [2.24, 2.45) is 5.73 Å². The number of nitrogens with one attached hydrogen (secondary N) is 4. The van der Waals surface area contributed by atoms with Crippen LogP contribution in [-0.4, -0.2) is 66.7 Å². The van der Waals surface area contributed by atoms with Gasteiger partial charge in [-0.1, -0.05) is 0 Å². The van der Waals surface area contributed by atoms with Crippen LogP contribution in [0.2, 0.25) is 0 Å². The Morgan fingerprint density at radius 3 is 2.80 bits per heavy atom. The van der Waals surface area contributed by atoms with Gasteiger partial charge in [0.2, 0.25) is 11.8 Å². The molecule has 0 aliphatic carbocycles. The number of likely N-dealkylation sites (tertiary alicyclic amines) is 1. The molecule has 0 aromatic heterocycles. The van der Waals surface area contributed by atoms with Crippen LogP contribution in [0.1, 0.15) is 38.5 Å². The van der Waals surface area contributed by atoms with Gasteiger partial charge in [-0.05, 0) is 45.1 Å². The third kappa shape index (κ3) is 5.42. The SMILES string of the molecule is N=C(N)NCCC[C@@H](C=O)NC(=O)[C@@H]1CCCN1C(=O)[C@H]1CCCN1. The molecule has 2 rings (SSSR count). The average molecular weight is 352 g/mol. The number of rotatable bonds is 8. The standard InChI is InChI=1S/C16H28N6O3/c17-16(18)20-8-1-4-11(10-23)21-14(24)13-6-3-9-22(13)15(25)12-5-2-7-19-12/h10-13,19H,1-9H2,(H,21,24)(H4,17,18,20)/t11-,12+,13-/m0/s1. The highest BCUT2D eigenvalue weighted by molar-refractivity contribution is 5.91. The van der Waals surface area contributed by atoms with Crippen molar-refractivity contribution < 1.29 is 14.4 Å². The summed E-state index contributed by atoms with van der Waals surface area (Å²) in [5.41, 5.74) is 5.19. The maximum atomic E-state index is 12.6. The first kappa shape index (κ1) is 19.2. The summed E-state index contributed by atoms with van der Waals surface area (Å²) < 4.78 is 0. The van der Waals surface area contributed by atoms with Gasteiger partial charge in [0, 0.05) is 13.1 Å². The molecule has 0 aromatic rings. The quantitative estimate of drug-likeness (QED) is 0.159. The molecule has 0 saturated carbocycles. The number of hydrogen-bond donors (Lipinski definition) is 5. The van der Waals surface area contributed by atoms with Crippen molar-refractivity contribution in [2.75, 3.05) is 19.6 Å². The number of aldehydes is 1. The Morgan fingerprint density at radius 2 is 2.16 bits per heavy atom. The van der Waals surface area contributed by atoms with E-state index in [4.69, 9.17) is 11.1 Å². The molecule has 2 saturated heterocycles. The lowest BCUT2D eigenvalue weighted by atomic mass is 10.1. The molecule has 0 radical (unpaired) electrons. The first-order chi connectivity index (χ1) is 12.0. The highest BCUT2D eigenvalue weighted by Crippen LogP contribution is 2.21. The van der Waals surface area contributed by atoms with Gasteiger partial charge in [-0.3, -0.25) is 15.0 Å². The molecule has 2 amide bonds. The van der Waals surface area contributed by atoms with Crippen molar-refractivity contribution in [3.63, 3.8) is 0 Å². The first-order valence-electron chi connectivity index (χ1n) is 8.90. The fourth-order valence-electron chi connectivity index (χ4n) is 3.40. The van der Waals surface area contributed by atoms with Gasteiger partial charge < -0.3 is 31.4 Å². The second-order valence-electron chi connectivity index (χ2n) is 6.57. The van der Waals surface area contributed by atoms with E-state index in [0.29, 0.717) is 38.6 Å².